The monoisotopic (exact) mass is 1070 g/mol. The zero-order valence-corrected chi connectivity index (χ0v) is 51.2. The molecule has 0 saturated carbocycles. The number of hydrogen-bond acceptors (Lipinski definition) is 6. The maximum atomic E-state index is 12.8. The van der Waals surface area contributed by atoms with Gasteiger partial charge in [0.15, 0.2) is 6.10 Å². The van der Waals surface area contributed by atoms with Crippen LogP contribution in [-0.2, 0) is 28.6 Å². The van der Waals surface area contributed by atoms with Crippen LogP contribution in [0.4, 0.5) is 0 Å². The van der Waals surface area contributed by atoms with Gasteiger partial charge in [-0.15, -0.1) is 0 Å². The van der Waals surface area contributed by atoms with E-state index in [1.54, 1.807) is 0 Å². The van der Waals surface area contributed by atoms with Crippen LogP contribution in [0.2, 0.25) is 0 Å². The first kappa shape index (κ1) is 73.8. The van der Waals surface area contributed by atoms with E-state index in [0.29, 0.717) is 19.3 Å². The molecule has 446 valence electrons. The van der Waals surface area contributed by atoms with Crippen molar-refractivity contribution in [3.8, 4) is 0 Å². The van der Waals surface area contributed by atoms with Crippen molar-refractivity contribution < 1.29 is 28.6 Å². The molecule has 0 amide bonds. The van der Waals surface area contributed by atoms with Crippen LogP contribution < -0.4 is 0 Å². The number of hydrogen-bond donors (Lipinski definition) is 0. The molecule has 0 aromatic carbocycles. The van der Waals surface area contributed by atoms with Crippen LogP contribution in [0.3, 0.4) is 0 Å². The maximum Gasteiger partial charge on any atom is 0.306 e. The molecule has 0 fully saturated rings. The van der Waals surface area contributed by atoms with Crippen molar-refractivity contribution in [2.24, 2.45) is 0 Å². The van der Waals surface area contributed by atoms with E-state index in [-0.39, 0.29) is 37.5 Å². The Balaban J connectivity index is 3.99. The van der Waals surface area contributed by atoms with E-state index in [2.05, 4.69) is 87.6 Å². The van der Waals surface area contributed by atoms with E-state index in [0.717, 1.165) is 77.0 Å². The number of rotatable bonds is 61. The highest BCUT2D eigenvalue weighted by atomic mass is 16.6. The lowest BCUT2D eigenvalue weighted by atomic mass is 10.0. The minimum absolute atomic E-state index is 0.103. The number of ether oxygens (including phenoxy) is 3. The summed E-state index contributed by atoms with van der Waals surface area (Å²) in [4.78, 5) is 37.9. The molecule has 0 N–H and O–H groups in total. The molecular weight excluding hydrogens is 949 g/mol. The van der Waals surface area contributed by atoms with Crippen molar-refractivity contribution in [3.05, 3.63) is 72.9 Å². The predicted octanol–water partition coefficient (Wildman–Crippen LogP) is 22.9. The highest BCUT2D eigenvalue weighted by Gasteiger charge is 2.19. The van der Waals surface area contributed by atoms with Crippen molar-refractivity contribution in [2.75, 3.05) is 13.2 Å². The summed E-state index contributed by atoms with van der Waals surface area (Å²) in [6, 6.07) is 0. The van der Waals surface area contributed by atoms with Gasteiger partial charge in [0.2, 0.25) is 0 Å². The van der Waals surface area contributed by atoms with Crippen LogP contribution in [0.25, 0.3) is 0 Å². The highest BCUT2D eigenvalue weighted by Crippen LogP contribution is 2.18. The summed E-state index contributed by atoms with van der Waals surface area (Å²) in [7, 11) is 0. The third kappa shape index (κ3) is 63.6. The van der Waals surface area contributed by atoms with Crippen molar-refractivity contribution >= 4 is 17.9 Å². The molecule has 6 nitrogen and oxygen atoms in total. The summed E-state index contributed by atoms with van der Waals surface area (Å²) in [6.45, 7) is 6.44. The average molecular weight is 1080 g/mol. The van der Waals surface area contributed by atoms with Crippen LogP contribution in [0.15, 0.2) is 72.9 Å². The quantitative estimate of drug-likeness (QED) is 0.0261. The smallest absolute Gasteiger partial charge is 0.306 e. The number of esters is 3. The van der Waals surface area contributed by atoms with Crippen molar-refractivity contribution in [1.82, 2.24) is 0 Å². The predicted molar refractivity (Wildman–Crippen MR) is 335 cm³/mol. The fourth-order valence-corrected chi connectivity index (χ4v) is 9.77. The second-order valence-corrected chi connectivity index (χ2v) is 22.4. The van der Waals surface area contributed by atoms with Gasteiger partial charge >= 0.3 is 17.9 Å². The maximum absolute atomic E-state index is 12.8. The molecule has 0 bridgehead atoms. The Labute approximate surface area is 478 Å². The van der Waals surface area contributed by atoms with E-state index in [1.807, 2.05) is 6.08 Å². The van der Waals surface area contributed by atoms with Gasteiger partial charge in [-0.25, -0.2) is 0 Å². The molecule has 1 atom stereocenters. The molecule has 0 radical (unpaired) electrons. The van der Waals surface area contributed by atoms with Gasteiger partial charge < -0.3 is 14.2 Å². The Morgan fingerprint density at radius 3 is 0.766 bits per heavy atom. The summed E-state index contributed by atoms with van der Waals surface area (Å²) in [5, 5.41) is 0. The lowest BCUT2D eigenvalue weighted by molar-refractivity contribution is -0.166. The number of allylic oxidation sites excluding steroid dienone is 12. The van der Waals surface area contributed by atoms with E-state index < -0.39 is 6.10 Å². The Morgan fingerprint density at radius 1 is 0.273 bits per heavy atom. The summed E-state index contributed by atoms with van der Waals surface area (Å²) >= 11 is 0. The molecule has 1 unspecified atom stereocenters. The lowest BCUT2D eigenvalue weighted by Crippen LogP contribution is -2.30. The first-order valence-electron chi connectivity index (χ1n) is 33.4. The molecule has 0 heterocycles. The molecule has 0 saturated heterocycles. The van der Waals surface area contributed by atoms with Crippen LogP contribution in [0, 0.1) is 0 Å². The van der Waals surface area contributed by atoms with Crippen molar-refractivity contribution in [1.29, 1.82) is 0 Å². The van der Waals surface area contributed by atoms with Gasteiger partial charge in [0.1, 0.15) is 13.2 Å². The van der Waals surface area contributed by atoms with Gasteiger partial charge in [-0.05, 0) is 57.8 Å². The van der Waals surface area contributed by atoms with Gasteiger partial charge in [-0.3, -0.25) is 14.4 Å². The molecule has 0 spiro atoms. The van der Waals surface area contributed by atoms with Gasteiger partial charge in [0, 0.05) is 19.3 Å². The number of carbonyl (C=O) groups is 3. The SMILES string of the molecule is CC/C=C\C/C=C\C/C=C\C/C=C\C/C=C\C/C=C\CCC(=O)OC(COC(=O)CCCCCCCC)COC(=O)CCCCCCCCCCCCCCCCCCCCCCCCCCCCCCCCCCCC. The fourth-order valence-electron chi connectivity index (χ4n) is 9.77. The van der Waals surface area contributed by atoms with Gasteiger partial charge in [0.05, 0.1) is 0 Å². The molecule has 0 aliphatic rings. The van der Waals surface area contributed by atoms with Crippen LogP contribution in [-0.4, -0.2) is 37.2 Å². The minimum atomic E-state index is -0.812. The molecular formula is C71H126O6. The topological polar surface area (TPSA) is 78.9 Å². The summed E-state index contributed by atoms with van der Waals surface area (Å²) in [5.41, 5.74) is 0. The Hall–Kier alpha value is -3.15. The Kier molecular flexibility index (Phi) is 62.7. The molecule has 0 aliphatic heterocycles. The number of carbonyl (C=O) groups excluding carboxylic acids is 3. The molecule has 0 aromatic rings. The standard InChI is InChI=1S/C71H126O6/c1-4-7-10-13-16-18-20-22-24-26-28-29-30-31-32-33-34-35-36-37-38-39-40-41-42-44-45-47-49-51-53-55-58-61-64-70(73)76-67-68(66-75-69(72)63-60-57-15-12-9-6-3)77-71(74)65-62-59-56-54-52-50-48-46-43-27-25-23-21-19-17-14-11-8-5-2/h8,11,17,19,23,25,43,46,50,52,56,59,68H,4-7,9-10,12-16,18,20-22,24,26-42,44-45,47-49,51,53-55,57-58,60-67H2,1-3H3/b11-8-,19-17-,25-23-,46-43-,52-50-,59-56-. The molecule has 6 heteroatoms. The van der Waals surface area contributed by atoms with E-state index in [4.69, 9.17) is 14.2 Å². The van der Waals surface area contributed by atoms with Crippen LogP contribution in [0.5, 0.6) is 0 Å². The van der Waals surface area contributed by atoms with Crippen LogP contribution in [0.1, 0.15) is 342 Å². The molecule has 0 aliphatic carbocycles. The minimum Gasteiger partial charge on any atom is -0.462 e. The Bertz CT molecular complexity index is 1420. The molecule has 0 rings (SSSR count). The third-order valence-corrected chi connectivity index (χ3v) is 14.7. The zero-order chi connectivity index (χ0) is 55.7. The second-order valence-electron chi connectivity index (χ2n) is 22.4. The summed E-state index contributed by atoms with van der Waals surface area (Å²) in [6.07, 6.45) is 85.7. The average Bonchev–Trinajstić information content (AvgIpc) is 3.43. The van der Waals surface area contributed by atoms with Crippen molar-refractivity contribution in [3.63, 3.8) is 0 Å². The fraction of sp³-hybridized carbons (Fsp3) is 0.789. The van der Waals surface area contributed by atoms with E-state index in [1.165, 1.54) is 218 Å². The van der Waals surface area contributed by atoms with Gasteiger partial charge in [-0.2, -0.15) is 0 Å². The lowest BCUT2D eigenvalue weighted by Gasteiger charge is -2.18. The summed E-state index contributed by atoms with van der Waals surface area (Å²) in [5.74, 6) is -0.986. The van der Waals surface area contributed by atoms with Gasteiger partial charge in [0.25, 0.3) is 0 Å². The molecule has 0 aromatic heterocycles. The third-order valence-electron chi connectivity index (χ3n) is 14.7. The van der Waals surface area contributed by atoms with E-state index >= 15 is 0 Å². The summed E-state index contributed by atoms with van der Waals surface area (Å²) < 4.78 is 16.7. The first-order valence-corrected chi connectivity index (χ1v) is 33.4. The van der Waals surface area contributed by atoms with Crippen LogP contribution >= 0.6 is 0 Å². The normalized spacial score (nSPS) is 12.5. The van der Waals surface area contributed by atoms with E-state index in [9.17, 15) is 14.4 Å². The molecule has 77 heavy (non-hydrogen) atoms. The highest BCUT2D eigenvalue weighted by molar-refractivity contribution is 5.71. The first-order chi connectivity index (χ1) is 38.0. The number of unbranched alkanes of at least 4 members (excludes halogenated alkanes) is 38. The zero-order valence-electron chi connectivity index (χ0n) is 51.2. The largest absolute Gasteiger partial charge is 0.462 e. The van der Waals surface area contributed by atoms with Crippen molar-refractivity contribution in [2.45, 2.75) is 348 Å². The second kappa shape index (κ2) is 65.4. The Morgan fingerprint density at radius 2 is 0.506 bits per heavy atom. The van der Waals surface area contributed by atoms with Gasteiger partial charge in [-0.1, -0.05) is 338 Å².